The summed E-state index contributed by atoms with van der Waals surface area (Å²) in [5, 5.41) is 21.0. The van der Waals surface area contributed by atoms with Gasteiger partial charge in [0, 0.05) is 0 Å². The second kappa shape index (κ2) is 6.70. The lowest BCUT2D eigenvalue weighted by molar-refractivity contribution is -0.209. The summed E-state index contributed by atoms with van der Waals surface area (Å²) in [5.74, 6) is 0.877. The van der Waals surface area contributed by atoms with E-state index in [1.54, 1.807) is 0 Å². The van der Waals surface area contributed by atoms with Gasteiger partial charge in [0.05, 0.1) is 22.9 Å². The first kappa shape index (κ1) is 18.7. The van der Waals surface area contributed by atoms with Crippen molar-refractivity contribution in [2.75, 3.05) is 0 Å². The van der Waals surface area contributed by atoms with Crippen molar-refractivity contribution in [3.05, 3.63) is 24.3 Å². The highest BCUT2D eigenvalue weighted by Gasteiger charge is 2.45. The van der Waals surface area contributed by atoms with Crippen LogP contribution in [0.1, 0.15) is 66.7 Å². The summed E-state index contributed by atoms with van der Waals surface area (Å²) in [6.07, 6.45) is 11.7. The molecule has 0 aromatic heterocycles. The topological polar surface area (TPSA) is 49.7 Å². The molecule has 23 heavy (non-hydrogen) atoms. The van der Waals surface area contributed by atoms with Crippen LogP contribution in [0.2, 0.25) is 0 Å². The van der Waals surface area contributed by atoms with Gasteiger partial charge in [0.2, 0.25) is 0 Å². The zero-order valence-corrected chi connectivity index (χ0v) is 15.4. The van der Waals surface area contributed by atoms with E-state index in [-0.39, 0.29) is 5.60 Å². The fraction of sp³-hybridized carbons (Fsp3) is 0.800. The van der Waals surface area contributed by atoms with E-state index >= 15 is 0 Å². The standard InChI is InChI=1S/C20H34O3/c1-15(2)16-7-12-18(3,22)10-6-11-19(4)13-9-17(21)20(5,23-19)14-8-16/h6-7,11-12,15-17,21-22H,8-10,13-14H2,1-5H3/b11-6+,12-7+/t16-,17-,18+,19-,20-/m0/s1. The largest absolute Gasteiger partial charge is 0.390 e. The van der Waals surface area contributed by atoms with Crippen molar-refractivity contribution in [2.24, 2.45) is 11.8 Å². The summed E-state index contributed by atoms with van der Waals surface area (Å²) < 4.78 is 6.40. The summed E-state index contributed by atoms with van der Waals surface area (Å²) in [4.78, 5) is 0. The minimum absolute atomic E-state index is 0.361. The van der Waals surface area contributed by atoms with Crippen LogP contribution < -0.4 is 0 Å². The van der Waals surface area contributed by atoms with Crippen molar-refractivity contribution < 1.29 is 14.9 Å². The van der Waals surface area contributed by atoms with Crippen LogP contribution in [-0.2, 0) is 4.74 Å². The molecule has 2 heterocycles. The number of hydrogen-bond donors (Lipinski definition) is 2. The van der Waals surface area contributed by atoms with Gasteiger partial charge in [-0.3, -0.25) is 0 Å². The van der Waals surface area contributed by atoms with Gasteiger partial charge in [-0.15, -0.1) is 0 Å². The number of ether oxygens (including phenoxy) is 1. The first-order valence-electron chi connectivity index (χ1n) is 9.03. The zero-order chi connectivity index (χ0) is 17.3. The van der Waals surface area contributed by atoms with Crippen molar-refractivity contribution in [2.45, 2.75) is 89.6 Å². The summed E-state index contributed by atoms with van der Waals surface area (Å²) in [7, 11) is 0. The van der Waals surface area contributed by atoms with Gasteiger partial charge in [0.15, 0.2) is 0 Å². The second-order valence-corrected chi connectivity index (χ2v) is 8.55. The molecule has 0 aromatic rings. The zero-order valence-electron chi connectivity index (χ0n) is 15.4. The van der Waals surface area contributed by atoms with Crippen LogP contribution in [-0.4, -0.2) is 33.1 Å². The SMILES string of the molecule is CC(C)[C@H]1/C=C/[C@](C)(O)C/C=C/[C@@]2(C)CC[C@H](O)[C@](C)(CC1)O2. The molecular weight excluding hydrogens is 288 g/mol. The minimum atomic E-state index is -0.823. The van der Waals surface area contributed by atoms with E-state index < -0.39 is 17.3 Å². The maximum atomic E-state index is 10.5. The molecule has 2 aliphatic heterocycles. The first-order valence-corrected chi connectivity index (χ1v) is 9.03. The molecule has 0 amide bonds. The third-order valence-electron chi connectivity index (χ3n) is 5.62. The second-order valence-electron chi connectivity index (χ2n) is 8.55. The Morgan fingerprint density at radius 3 is 2.43 bits per heavy atom. The third-order valence-corrected chi connectivity index (χ3v) is 5.62. The predicted molar refractivity (Wildman–Crippen MR) is 94.2 cm³/mol. The lowest BCUT2D eigenvalue weighted by Crippen LogP contribution is -2.53. The van der Waals surface area contributed by atoms with E-state index in [4.69, 9.17) is 4.74 Å². The fourth-order valence-corrected chi connectivity index (χ4v) is 3.77. The maximum absolute atomic E-state index is 10.5. The number of hydrogen-bond acceptors (Lipinski definition) is 3. The van der Waals surface area contributed by atoms with Crippen molar-refractivity contribution in [1.29, 1.82) is 0 Å². The molecule has 0 unspecified atom stereocenters. The Bertz CT molecular complexity index is 466. The Balaban J connectivity index is 2.31. The molecule has 0 radical (unpaired) electrons. The molecule has 0 saturated carbocycles. The van der Waals surface area contributed by atoms with Gasteiger partial charge in [0.25, 0.3) is 0 Å². The van der Waals surface area contributed by atoms with Gasteiger partial charge < -0.3 is 14.9 Å². The molecule has 0 aromatic carbocycles. The van der Waals surface area contributed by atoms with Crippen LogP contribution in [0, 0.1) is 11.8 Å². The fourth-order valence-electron chi connectivity index (χ4n) is 3.77. The normalized spacial score (nSPS) is 48.3. The van der Waals surface area contributed by atoms with Gasteiger partial charge in [-0.1, -0.05) is 38.2 Å². The highest BCUT2D eigenvalue weighted by molar-refractivity contribution is 5.11. The molecule has 0 aliphatic carbocycles. The van der Waals surface area contributed by atoms with Gasteiger partial charge in [-0.25, -0.2) is 0 Å². The molecule has 2 aliphatic rings. The number of fused-ring (bicyclic) bond motifs is 2. The van der Waals surface area contributed by atoms with E-state index in [0.717, 1.165) is 25.7 Å². The number of rotatable bonds is 1. The van der Waals surface area contributed by atoms with Gasteiger partial charge in [-0.2, -0.15) is 0 Å². The van der Waals surface area contributed by atoms with E-state index in [1.165, 1.54) is 0 Å². The maximum Gasteiger partial charge on any atom is 0.0924 e. The summed E-state index contributed by atoms with van der Waals surface area (Å²) in [6, 6.07) is 0. The van der Waals surface area contributed by atoms with Gasteiger partial charge in [-0.05, 0) is 64.7 Å². The molecule has 5 atom stereocenters. The molecule has 2 N–H and O–H groups in total. The predicted octanol–water partition coefficient (Wildman–Crippen LogP) is 3.99. The van der Waals surface area contributed by atoms with E-state index in [0.29, 0.717) is 18.3 Å². The van der Waals surface area contributed by atoms with Gasteiger partial charge in [0.1, 0.15) is 0 Å². The van der Waals surface area contributed by atoms with Crippen molar-refractivity contribution >= 4 is 0 Å². The Morgan fingerprint density at radius 1 is 1.09 bits per heavy atom. The molecular formula is C20H34O3. The Hall–Kier alpha value is -0.640. The molecule has 0 spiro atoms. The molecule has 132 valence electrons. The number of aliphatic hydroxyl groups excluding tert-OH is 1. The minimum Gasteiger partial charge on any atom is -0.390 e. The Labute approximate surface area is 141 Å². The molecule has 1 saturated heterocycles. The monoisotopic (exact) mass is 322 g/mol. The van der Waals surface area contributed by atoms with Crippen LogP contribution in [0.4, 0.5) is 0 Å². The smallest absolute Gasteiger partial charge is 0.0924 e. The van der Waals surface area contributed by atoms with Crippen LogP contribution in [0.5, 0.6) is 0 Å². The highest BCUT2D eigenvalue weighted by Crippen LogP contribution is 2.41. The first-order chi connectivity index (χ1) is 10.6. The molecule has 3 nitrogen and oxygen atoms in total. The lowest BCUT2D eigenvalue weighted by atomic mass is 9.78. The van der Waals surface area contributed by atoms with Crippen LogP contribution in [0.25, 0.3) is 0 Å². The van der Waals surface area contributed by atoms with E-state index in [1.807, 2.05) is 26.0 Å². The van der Waals surface area contributed by atoms with Gasteiger partial charge >= 0.3 is 0 Å². The summed E-state index contributed by atoms with van der Waals surface area (Å²) in [6.45, 7) is 10.4. The van der Waals surface area contributed by atoms with E-state index in [2.05, 4.69) is 32.9 Å². The quantitative estimate of drug-likeness (QED) is 0.718. The van der Waals surface area contributed by atoms with Crippen LogP contribution in [0.3, 0.4) is 0 Å². The molecule has 2 bridgehead atoms. The average Bonchev–Trinajstić information content (AvgIpc) is 2.41. The average molecular weight is 322 g/mol. The van der Waals surface area contributed by atoms with Crippen molar-refractivity contribution in [3.63, 3.8) is 0 Å². The molecule has 3 heteroatoms. The Kier molecular flexibility index (Phi) is 5.44. The van der Waals surface area contributed by atoms with Crippen molar-refractivity contribution in [3.8, 4) is 0 Å². The van der Waals surface area contributed by atoms with Crippen LogP contribution in [0.15, 0.2) is 24.3 Å². The summed E-state index contributed by atoms with van der Waals surface area (Å²) in [5.41, 5.74) is -1.68. The van der Waals surface area contributed by atoms with Crippen LogP contribution >= 0.6 is 0 Å². The van der Waals surface area contributed by atoms with Crippen molar-refractivity contribution in [1.82, 2.24) is 0 Å². The highest BCUT2D eigenvalue weighted by atomic mass is 16.5. The van der Waals surface area contributed by atoms with E-state index in [9.17, 15) is 10.2 Å². The molecule has 2 rings (SSSR count). The number of allylic oxidation sites excluding steroid dienone is 1. The lowest BCUT2D eigenvalue weighted by Gasteiger charge is -2.47. The Morgan fingerprint density at radius 2 is 1.78 bits per heavy atom. The summed E-state index contributed by atoms with van der Waals surface area (Å²) >= 11 is 0. The third kappa shape index (κ3) is 4.68. The molecule has 1 fully saturated rings. The number of aliphatic hydroxyl groups is 2.